The van der Waals surface area contributed by atoms with Crippen LogP contribution in [0.4, 0.5) is 0 Å². The lowest BCUT2D eigenvalue weighted by atomic mass is 9.74. The van der Waals surface area contributed by atoms with E-state index in [1.807, 2.05) is 0 Å². The first-order valence-electron chi connectivity index (χ1n) is 20.1. The van der Waals surface area contributed by atoms with E-state index >= 15 is 0 Å². The Labute approximate surface area is 370 Å². The third kappa shape index (κ3) is 13.9. The predicted octanol–water partition coefficient (Wildman–Crippen LogP) is 2.92. The van der Waals surface area contributed by atoms with Gasteiger partial charge in [-0.2, -0.15) is 0 Å². The molecule has 3 aromatic rings. The zero-order valence-corrected chi connectivity index (χ0v) is 35.3. The van der Waals surface area contributed by atoms with E-state index in [0.717, 1.165) is 0 Å². The Morgan fingerprint density at radius 1 is 0.846 bits per heavy atom. The molecule has 21 nitrogen and oxygen atoms in total. The highest BCUT2D eigenvalue weighted by Crippen LogP contribution is 2.49. The van der Waals surface area contributed by atoms with Gasteiger partial charge in [-0.05, 0) is 72.8 Å². The van der Waals surface area contributed by atoms with E-state index in [-0.39, 0.29) is 41.5 Å². The predicted molar refractivity (Wildman–Crippen MR) is 226 cm³/mol. The van der Waals surface area contributed by atoms with Crippen LogP contribution in [0.3, 0.4) is 0 Å². The molecule has 0 bridgehead atoms. The molecule has 11 N–H and O–H groups in total. The second-order valence-corrected chi connectivity index (χ2v) is 16.6. The Morgan fingerprint density at radius 2 is 1.55 bits per heavy atom. The van der Waals surface area contributed by atoms with Crippen molar-refractivity contribution in [1.29, 1.82) is 0 Å². The molecule has 1 aliphatic carbocycles. The molecule has 0 radical (unpaired) electrons. The van der Waals surface area contributed by atoms with Crippen LogP contribution in [0, 0.1) is 5.92 Å². The van der Waals surface area contributed by atoms with E-state index in [0.29, 0.717) is 59.6 Å². The Balaban J connectivity index is 1.04. The van der Waals surface area contributed by atoms with Crippen LogP contribution in [0.15, 0.2) is 84.7 Å². The van der Waals surface area contributed by atoms with Crippen molar-refractivity contribution in [3.8, 4) is 11.5 Å². The zero-order valence-electron chi connectivity index (χ0n) is 34.4. The SMILES string of the molecule is O=C1C=CC2C(=C1)Oc1cc(O)ccc1C2c1ccc(C(O)NCCCCCC(=O)NCc2ccc(C(=O)N[C@@H](COP(=O)(O)N[C@@H](CCC(=O)O)C(=O)O)C(=O)O)cc2)cc1C(=O)O. The van der Waals surface area contributed by atoms with Crippen molar-refractivity contribution in [3.05, 3.63) is 118 Å². The summed E-state index contributed by atoms with van der Waals surface area (Å²) in [4.78, 5) is 93.7. The fourth-order valence-corrected chi connectivity index (χ4v) is 8.10. The molecule has 0 fully saturated rings. The van der Waals surface area contributed by atoms with Crippen LogP contribution < -0.4 is 25.8 Å². The molecular weight excluding hydrogens is 875 g/mol. The van der Waals surface area contributed by atoms with Crippen molar-refractivity contribution in [1.82, 2.24) is 21.0 Å². The lowest BCUT2D eigenvalue weighted by Crippen LogP contribution is -2.44. The van der Waals surface area contributed by atoms with Crippen molar-refractivity contribution in [3.63, 3.8) is 0 Å². The number of allylic oxidation sites excluding steroid dienone is 3. The van der Waals surface area contributed by atoms with E-state index in [1.165, 1.54) is 54.6 Å². The molecule has 22 heteroatoms. The first-order valence-corrected chi connectivity index (χ1v) is 21.7. The van der Waals surface area contributed by atoms with E-state index in [2.05, 4.69) is 20.5 Å². The van der Waals surface area contributed by atoms with Gasteiger partial charge in [0.15, 0.2) is 11.8 Å². The van der Waals surface area contributed by atoms with Gasteiger partial charge in [-0.3, -0.25) is 33.8 Å². The fourth-order valence-electron chi connectivity index (χ4n) is 7.04. The number of hydrogen-bond donors (Lipinski definition) is 11. The summed E-state index contributed by atoms with van der Waals surface area (Å²) in [5.74, 6) is -7.77. The van der Waals surface area contributed by atoms with Crippen molar-refractivity contribution in [2.45, 2.75) is 69.3 Å². The number of aliphatic carboxylic acids is 3. The second-order valence-electron chi connectivity index (χ2n) is 15.1. The van der Waals surface area contributed by atoms with E-state index < -0.39 is 87.1 Å². The van der Waals surface area contributed by atoms with Gasteiger partial charge in [0.05, 0.1) is 12.2 Å². The molecule has 0 saturated heterocycles. The Bertz CT molecular complexity index is 2420. The number of carboxylic acids is 4. The molecule has 6 atom stereocenters. The summed E-state index contributed by atoms with van der Waals surface area (Å²) >= 11 is 0. The number of ketones is 1. The minimum Gasteiger partial charge on any atom is -0.508 e. The Morgan fingerprint density at radius 3 is 2.23 bits per heavy atom. The number of fused-ring (bicyclic) bond motifs is 2. The van der Waals surface area contributed by atoms with Crippen LogP contribution in [0.25, 0.3) is 0 Å². The molecule has 2 amide bonds. The number of carbonyl (C=O) groups is 7. The van der Waals surface area contributed by atoms with Gasteiger partial charge >= 0.3 is 31.6 Å². The number of aromatic carboxylic acids is 1. The van der Waals surface area contributed by atoms with Gasteiger partial charge < -0.3 is 50.9 Å². The third-order valence-electron chi connectivity index (χ3n) is 10.4. The van der Waals surface area contributed by atoms with Gasteiger partial charge in [0.1, 0.15) is 29.5 Å². The number of amides is 2. The number of aliphatic hydroxyl groups excluding tert-OH is 1. The highest BCUT2D eigenvalue weighted by atomic mass is 31.2. The number of carboxylic acid groups (broad SMARTS) is 4. The molecule has 65 heavy (non-hydrogen) atoms. The van der Waals surface area contributed by atoms with Gasteiger partial charge in [0.2, 0.25) is 5.91 Å². The third-order valence-corrected chi connectivity index (χ3v) is 11.5. The summed E-state index contributed by atoms with van der Waals surface area (Å²) in [6, 6.07) is 11.3. The van der Waals surface area contributed by atoms with Crippen LogP contribution >= 0.6 is 7.75 Å². The number of rotatable bonds is 24. The number of phenolic OH excluding ortho intramolecular Hbond substituents is 1. The number of aromatic hydroxyl groups is 1. The fraction of sp³-hybridized carbons (Fsp3) is 0.326. The summed E-state index contributed by atoms with van der Waals surface area (Å²) in [6.45, 7) is -0.590. The van der Waals surface area contributed by atoms with Crippen LogP contribution in [0.2, 0.25) is 0 Å². The average Bonchev–Trinajstić information content (AvgIpc) is 3.25. The molecular formula is C43H47N4O17P. The normalized spacial score (nSPS) is 17.4. The lowest BCUT2D eigenvalue weighted by Gasteiger charge is -2.36. The Kier molecular flexibility index (Phi) is 16.9. The van der Waals surface area contributed by atoms with E-state index in [4.69, 9.17) is 9.84 Å². The van der Waals surface area contributed by atoms with Gasteiger partial charge in [-0.25, -0.2) is 19.2 Å². The maximum absolute atomic E-state index is 12.7. The lowest BCUT2D eigenvalue weighted by molar-refractivity contribution is -0.142. The van der Waals surface area contributed by atoms with Gasteiger partial charge in [0.25, 0.3) is 5.91 Å². The number of aliphatic hydroxyl groups is 1. The van der Waals surface area contributed by atoms with Crippen molar-refractivity contribution < 1.29 is 82.9 Å². The summed E-state index contributed by atoms with van der Waals surface area (Å²) in [5, 5.41) is 68.3. The monoisotopic (exact) mass is 922 g/mol. The molecule has 0 spiro atoms. The first kappa shape index (κ1) is 49.3. The van der Waals surface area contributed by atoms with Gasteiger partial charge in [-0.1, -0.05) is 42.8 Å². The highest BCUT2D eigenvalue weighted by molar-refractivity contribution is 7.50. The van der Waals surface area contributed by atoms with Crippen molar-refractivity contribution in [2.24, 2.45) is 5.92 Å². The van der Waals surface area contributed by atoms with Crippen LogP contribution in [0.1, 0.15) is 93.6 Å². The van der Waals surface area contributed by atoms with Crippen LogP contribution in [-0.4, -0.2) is 102 Å². The summed E-state index contributed by atoms with van der Waals surface area (Å²) < 4.78 is 22.9. The number of unbranched alkanes of at least 4 members (excludes halogenated alkanes) is 2. The number of hydrogen-bond acceptors (Lipinski definition) is 13. The van der Waals surface area contributed by atoms with E-state index in [1.54, 1.807) is 29.4 Å². The quantitative estimate of drug-likeness (QED) is 0.0349. The number of nitrogens with one attached hydrogen (secondary N) is 4. The second kappa shape index (κ2) is 22.2. The maximum atomic E-state index is 12.7. The van der Waals surface area contributed by atoms with E-state index in [9.17, 15) is 68.6 Å². The molecule has 0 saturated carbocycles. The standard InChI is InChI=1S/C43H47N4O17P/c48-26-10-13-29-34(19-26)64-35-20-27(49)11-14-30(35)38(29)28-12-9-25(18-31(28)41(55)56)39(53)44-17-3-1-2-4-36(50)45-21-23-5-7-24(8-6-23)40(54)46-33(43(59)60)22-63-65(61,62)47-32(42(57)58)15-16-37(51)52/h5-14,18-20,29,32-33,38-39,44,49,53H,1-4,15-17,21-22H2,(H,45,50)(H,46,54)(H,51,52)(H,55,56)(H,57,58)(H,59,60)(H2,47,61,62)/t29?,32-,33-,38?,39?/m0/s1. The Hall–Kier alpha value is -6.74. The van der Waals surface area contributed by atoms with Crippen molar-refractivity contribution >= 4 is 49.2 Å². The average molecular weight is 923 g/mol. The number of benzene rings is 3. The molecule has 1 heterocycles. The molecule has 1 aliphatic heterocycles. The summed E-state index contributed by atoms with van der Waals surface area (Å²) in [5.41, 5.74) is 1.92. The molecule has 4 unspecified atom stereocenters. The summed E-state index contributed by atoms with van der Waals surface area (Å²) in [7, 11) is -4.96. The van der Waals surface area contributed by atoms with Gasteiger partial charge in [0, 0.05) is 54.5 Å². The minimum atomic E-state index is -4.96. The minimum absolute atomic E-state index is 0.00532. The largest absolute Gasteiger partial charge is 0.508 e. The number of carbonyl (C=O) groups excluding carboxylic acids is 3. The molecule has 5 rings (SSSR count). The maximum Gasteiger partial charge on any atom is 0.403 e. The van der Waals surface area contributed by atoms with Gasteiger partial charge in [-0.15, -0.1) is 0 Å². The molecule has 3 aromatic carbocycles. The molecule has 2 aliphatic rings. The van der Waals surface area contributed by atoms with Crippen LogP contribution in [0.5, 0.6) is 11.5 Å². The summed E-state index contributed by atoms with van der Waals surface area (Å²) in [6.07, 6.45) is 3.88. The highest BCUT2D eigenvalue weighted by Gasteiger charge is 2.39. The first-order chi connectivity index (χ1) is 30.8. The smallest absolute Gasteiger partial charge is 0.403 e. The number of phenols is 1. The zero-order chi connectivity index (χ0) is 47.4. The topological polar surface area (TPSA) is 345 Å². The van der Waals surface area contributed by atoms with Crippen LogP contribution in [-0.2, 0) is 39.6 Å². The number of ether oxygens (including phenoxy) is 1. The molecule has 0 aromatic heterocycles. The van der Waals surface area contributed by atoms with Crippen molar-refractivity contribution in [2.75, 3.05) is 13.2 Å². The molecule has 346 valence electrons.